The molecule has 0 bridgehead atoms. The molecule has 0 aliphatic carbocycles. The predicted molar refractivity (Wildman–Crippen MR) is 113 cm³/mol. The molecule has 1 fully saturated rings. The molecule has 0 spiro atoms. The van der Waals surface area contributed by atoms with E-state index in [0.717, 1.165) is 62.4 Å². The molecule has 2 aromatic heterocycles. The number of hydrogen-bond donors (Lipinski definition) is 2. The molecule has 28 heavy (non-hydrogen) atoms. The zero-order valence-corrected chi connectivity index (χ0v) is 17.6. The number of thiophene rings is 1. The summed E-state index contributed by atoms with van der Waals surface area (Å²) in [6, 6.07) is 6.14. The van der Waals surface area contributed by atoms with Gasteiger partial charge >= 0.3 is 0 Å². The van der Waals surface area contributed by atoms with E-state index < -0.39 is 0 Å². The number of nitrogens with one attached hydrogen (secondary N) is 1. The molecule has 0 saturated carbocycles. The van der Waals surface area contributed by atoms with Gasteiger partial charge in [0.05, 0.1) is 18.0 Å². The van der Waals surface area contributed by atoms with Gasteiger partial charge in [0, 0.05) is 29.4 Å². The number of hydrogen-bond acceptors (Lipinski definition) is 4. The third-order valence-corrected chi connectivity index (χ3v) is 6.42. The molecule has 0 radical (unpaired) electrons. The fourth-order valence-electron chi connectivity index (χ4n) is 3.92. The fourth-order valence-corrected chi connectivity index (χ4v) is 4.62. The number of carbonyl (C=O) groups excluding carboxylic acids is 2. The molecule has 1 aliphatic rings. The van der Waals surface area contributed by atoms with Crippen molar-refractivity contribution in [2.75, 3.05) is 26.2 Å². The number of aromatic nitrogens is 1. The van der Waals surface area contributed by atoms with Crippen LogP contribution in [0.25, 0.3) is 0 Å². The van der Waals surface area contributed by atoms with E-state index in [1.165, 1.54) is 4.88 Å². The molecule has 2 amide bonds. The number of rotatable bonds is 8. The van der Waals surface area contributed by atoms with Gasteiger partial charge in [-0.05, 0) is 63.7 Å². The monoisotopic (exact) mass is 402 g/mol. The standard InChI is InChI=1S/C21H30N4O2S/c1-15-12-19(16(2)25(15)14-18-7-4-11-28-18)21(27)23-8-5-10-24-9-3-6-17(13-24)20(22)26/h4,7,11-12,17H,3,5-6,8-10,13-14H2,1-2H3,(H2,22,26)(H,23,27). The summed E-state index contributed by atoms with van der Waals surface area (Å²) in [5, 5.41) is 5.12. The Morgan fingerprint density at radius 2 is 2.18 bits per heavy atom. The lowest BCUT2D eigenvalue weighted by Gasteiger charge is -2.31. The number of piperidine rings is 1. The van der Waals surface area contributed by atoms with Crippen molar-refractivity contribution in [2.45, 2.75) is 39.7 Å². The Balaban J connectivity index is 1.48. The number of nitrogens with zero attached hydrogens (tertiary/aromatic N) is 2. The van der Waals surface area contributed by atoms with E-state index in [9.17, 15) is 9.59 Å². The van der Waals surface area contributed by atoms with Gasteiger partial charge in [0.1, 0.15) is 0 Å². The highest BCUT2D eigenvalue weighted by Gasteiger charge is 2.23. The van der Waals surface area contributed by atoms with Crippen molar-refractivity contribution >= 4 is 23.2 Å². The number of amides is 2. The van der Waals surface area contributed by atoms with E-state index in [0.29, 0.717) is 6.54 Å². The molecule has 3 N–H and O–H groups in total. The summed E-state index contributed by atoms with van der Waals surface area (Å²) < 4.78 is 2.19. The molecule has 3 heterocycles. The lowest BCUT2D eigenvalue weighted by molar-refractivity contribution is -0.123. The summed E-state index contributed by atoms with van der Waals surface area (Å²) in [5.41, 5.74) is 8.29. The van der Waals surface area contributed by atoms with Crippen LogP contribution in [0.3, 0.4) is 0 Å². The van der Waals surface area contributed by atoms with Crippen molar-refractivity contribution in [3.8, 4) is 0 Å². The highest BCUT2D eigenvalue weighted by Crippen LogP contribution is 2.19. The van der Waals surface area contributed by atoms with Crippen LogP contribution in [0.1, 0.15) is 45.9 Å². The first-order valence-corrected chi connectivity index (χ1v) is 10.8. The second-order valence-corrected chi connectivity index (χ2v) is 8.63. The van der Waals surface area contributed by atoms with Gasteiger partial charge in [-0.15, -0.1) is 11.3 Å². The van der Waals surface area contributed by atoms with Crippen molar-refractivity contribution in [2.24, 2.45) is 11.7 Å². The fraction of sp³-hybridized carbons (Fsp3) is 0.524. The maximum atomic E-state index is 12.6. The van der Waals surface area contributed by atoms with Crippen LogP contribution in [-0.2, 0) is 11.3 Å². The van der Waals surface area contributed by atoms with Gasteiger partial charge in [0.25, 0.3) is 5.91 Å². The third-order valence-electron chi connectivity index (χ3n) is 5.56. The quantitative estimate of drug-likeness (QED) is 0.666. The van der Waals surface area contributed by atoms with Crippen molar-refractivity contribution in [3.63, 3.8) is 0 Å². The SMILES string of the molecule is Cc1cc(C(=O)NCCCN2CCCC(C(N)=O)C2)c(C)n1Cc1cccs1. The topological polar surface area (TPSA) is 80.4 Å². The van der Waals surface area contributed by atoms with Crippen LogP contribution in [0.5, 0.6) is 0 Å². The molecule has 2 aromatic rings. The van der Waals surface area contributed by atoms with Crippen LogP contribution in [0, 0.1) is 19.8 Å². The minimum atomic E-state index is -0.198. The van der Waals surface area contributed by atoms with Gasteiger partial charge in [-0.25, -0.2) is 0 Å². The molecular weight excluding hydrogens is 372 g/mol. The van der Waals surface area contributed by atoms with Crippen molar-refractivity contribution < 1.29 is 9.59 Å². The van der Waals surface area contributed by atoms with Crippen LogP contribution < -0.4 is 11.1 Å². The molecule has 1 saturated heterocycles. The molecule has 152 valence electrons. The van der Waals surface area contributed by atoms with Gasteiger partial charge in [-0.3, -0.25) is 9.59 Å². The smallest absolute Gasteiger partial charge is 0.253 e. The lowest BCUT2D eigenvalue weighted by Crippen LogP contribution is -2.42. The van der Waals surface area contributed by atoms with E-state index in [2.05, 4.69) is 32.3 Å². The zero-order chi connectivity index (χ0) is 20.1. The van der Waals surface area contributed by atoms with E-state index in [1.54, 1.807) is 11.3 Å². The highest BCUT2D eigenvalue weighted by atomic mass is 32.1. The summed E-state index contributed by atoms with van der Waals surface area (Å²) in [6.07, 6.45) is 2.77. The third kappa shape index (κ3) is 5.02. The molecule has 1 aliphatic heterocycles. The van der Waals surface area contributed by atoms with Gasteiger partial charge in [0.2, 0.25) is 5.91 Å². The first-order chi connectivity index (χ1) is 13.5. The molecule has 0 aromatic carbocycles. The van der Waals surface area contributed by atoms with Gasteiger partial charge in [-0.1, -0.05) is 6.07 Å². The summed E-state index contributed by atoms with van der Waals surface area (Å²) >= 11 is 1.73. The zero-order valence-electron chi connectivity index (χ0n) is 16.7. The highest BCUT2D eigenvalue weighted by molar-refractivity contribution is 7.09. The Kier molecular flexibility index (Phi) is 6.91. The maximum Gasteiger partial charge on any atom is 0.253 e. The van der Waals surface area contributed by atoms with Crippen LogP contribution in [0.4, 0.5) is 0 Å². The Hall–Kier alpha value is -2.12. The average molecular weight is 403 g/mol. The Morgan fingerprint density at radius 3 is 2.89 bits per heavy atom. The summed E-state index contributed by atoms with van der Waals surface area (Å²) in [5.74, 6) is -0.243. The molecule has 7 heteroatoms. The number of primary amides is 1. The van der Waals surface area contributed by atoms with Crippen LogP contribution in [0.2, 0.25) is 0 Å². The second-order valence-electron chi connectivity index (χ2n) is 7.60. The van der Waals surface area contributed by atoms with Crippen molar-refractivity contribution in [1.29, 1.82) is 0 Å². The van der Waals surface area contributed by atoms with E-state index in [1.807, 2.05) is 19.9 Å². The predicted octanol–water partition coefficient (Wildman–Crippen LogP) is 2.53. The molecule has 3 rings (SSSR count). The minimum absolute atomic E-state index is 0.0146. The molecule has 1 atom stereocenters. The first-order valence-electron chi connectivity index (χ1n) is 9.94. The van der Waals surface area contributed by atoms with Gasteiger partial charge in [-0.2, -0.15) is 0 Å². The molecule has 6 nitrogen and oxygen atoms in total. The van der Waals surface area contributed by atoms with Crippen molar-refractivity contribution in [3.05, 3.63) is 45.4 Å². The van der Waals surface area contributed by atoms with Gasteiger partial charge < -0.3 is 20.5 Å². The number of aryl methyl sites for hydroxylation is 1. The number of carbonyl (C=O) groups is 2. The summed E-state index contributed by atoms with van der Waals surface area (Å²) in [7, 11) is 0. The van der Waals surface area contributed by atoms with E-state index in [4.69, 9.17) is 5.73 Å². The number of likely N-dealkylation sites (tertiary alicyclic amines) is 1. The summed E-state index contributed by atoms with van der Waals surface area (Å²) in [4.78, 5) is 27.6. The Labute approximate surface area is 170 Å². The van der Waals surface area contributed by atoms with E-state index >= 15 is 0 Å². The second kappa shape index (κ2) is 9.39. The van der Waals surface area contributed by atoms with Crippen LogP contribution >= 0.6 is 11.3 Å². The van der Waals surface area contributed by atoms with E-state index in [-0.39, 0.29) is 17.7 Å². The van der Waals surface area contributed by atoms with Crippen molar-refractivity contribution in [1.82, 2.24) is 14.8 Å². The maximum absolute atomic E-state index is 12.6. The lowest BCUT2D eigenvalue weighted by atomic mass is 9.97. The van der Waals surface area contributed by atoms with Crippen LogP contribution in [-0.4, -0.2) is 47.5 Å². The minimum Gasteiger partial charge on any atom is -0.369 e. The molecule has 1 unspecified atom stereocenters. The molecular formula is C21H30N4O2S. The first kappa shape index (κ1) is 20.6. The normalized spacial score (nSPS) is 17.6. The van der Waals surface area contributed by atoms with Gasteiger partial charge in [0.15, 0.2) is 0 Å². The Bertz CT molecular complexity index is 813. The summed E-state index contributed by atoms with van der Waals surface area (Å²) in [6.45, 7) is 8.11. The Morgan fingerprint density at radius 1 is 1.36 bits per heavy atom. The van der Waals surface area contributed by atoms with Crippen LogP contribution in [0.15, 0.2) is 23.6 Å². The number of nitrogens with two attached hydrogens (primary N) is 1. The average Bonchev–Trinajstić information content (AvgIpc) is 3.29. The largest absolute Gasteiger partial charge is 0.369 e.